The molecule has 11 heavy (non-hydrogen) atoms. The molecule has 0 spiro atoms. The fourth-order valence-electron chi connectivity index (χ4n) is 0.438. The Hall–Kier alpha value is -0.660. The van der Waals surface area contributed by atoms with Crippen molar-refractivity contribution >= 4 is 22.5 Å². The van der Waals surface area contributed by atoms with Gasteiger partial charge in [0.05, 0.1) is 0 Å². The van der Waals surface area contributed by atoms with E-state index in [1.807, 2.05) is 0 Å². The lowest BCUT2D eigenvalue weighted by molar-refractivity contribution is 0.473. The SMILES string of the molecule is Cl.Cn1cnc(S(=O)(=O)O)n1. The normalized spacial score (nSPS) is 10.7. The van der Waals surface area contributed by atoms with Crippen molar-refractivity contribution in [3.8, 4) is 0 Å². The highest BCUT2D eigenvalue weighted by Gasteiger charge is 2.13. The predicted molar refractivity (Wildman–Crippen MR) is 38.1 cm³/mol. The molecule has 0 aromatic carbocycles. The largest absolute Gasteiger partial charge is 0.332 e. The lowest BCUT2D eigenvalue weighted by Gasteiger charge is -1.84. The lowest BCUT2D eigenvalue weighted by atomic mass is 11.2. The Morgan fingerprint density at radius 2 is 2.18 bits per heavy atom. The number of rotatable bonds is 1. The summed E-state index contributed by atoms with van der Waals surface area (Å²) in [7, 11) is -2.72. The van der Waals surface area contributed by atoms with Crippen LogP contribution >= 0.6 is 12.4 Å². The van der Waals surface area contributed by atoms with Gasteiger partial charge in [-0.2, -0.15) is 8.42 Å². The topological polar surface area (TPSA) is 85.1 Å². The zero-order valence-corrected chi connectivity index (χ0v) is 7.13. The molecule has 1 aromatic rings. The van der Waals surface area contributed by atoms with Crippen molar-refractivity contribution in [2.24, 2.45) is 7.05 Å². The first kappa shape index (κ1) is 10.3. The van der Waals surface area contributed by atoms with Crippen molar-refractivity contribution in [2.75, 3.05) is 0 Å². The Morgan fingerprint density at radius 3 is 2.36 bits per heavy atom. The number of hydrogen-bond acceptors (Lipinski definition) is 4. The van der Waals surface area contributed by atoms with Crippen LogP contribution in [0.3, 0.4) is 0 Å². The summed E-state index contributed by atoms with van der Waals surface area (Å²) in [5, 5.41) is 2.78. The van der Waals surface area contributed by atoms with Crippen molar-refractivity contribution < 1.29 is 13.0 Å². The van der Waals surface area contributed by atoms with Gasteiger partial charge in [0.15, 0.2) is 0 Å². The maximum absolute atomic E-state index is 10.3. The summed E-state index contributed by atoms with van der Waals surface area (Å²) in [6.07, 6.45) is 1.18. The lowest BCUT2D eigenvalue weighted by Crippen LogP contribution is -2.01. The molecule has 0 unspecified atom stereocenters. The molecule has 1 heterocycles. The Bertz CT molecular complexity index is 331. The number of halogens is 1. The molecule has 0 saturated heterocycles. The van der Waals surface area contributed by atoms with Crippen LogP contribution in [-0.2, 0) is 17.2 Å². The van der Waals surface area contributed by atoms with E-state index < -0.39 is 15.3 Å². The van der Waals surface area contributed by atoms with Crippen LogP contribution in [0.15, 0.2) is 11.5 Å². The van der Waals surface area contributed by atoms with Crippen LogP contribution in [-0.4, -0.2) is 27.7 Å². The maximum Gasteiger partial charge on any atom is 0.332 e. The minimum atomic E-state index is -4.23. The molecule has 1 aromatic heterocycles. The van der Waals surface area contributed by atoms with Gasteiger partial charge >= 0.3 is 10.1 Å². The van der Waals surface area contributed by atoms with Crippen LogP contribution in [0.2, 0.25) is 0 Å². The predicted octanol–water partition coefficient (Wildman–Crippen LogP) is -0.516. The van der Waals surface area contributed by atoms with E-state index >= 15 is 0 Å². The molecule has 0 aliphatic heterocycles. The van der Waals surface area contributed by atoms with Crippen molar-refractivity contribution in [1.82, 2.24) is 14.8 Å². The molecule has 6 nitrogen and oxygen atoms in total. The van der Waals surface area contributed by atoms with Gasteiger partial charge in [-0.05, 0) is 0 Å². The fourth-order valence-corrected chi connectivity index (χ4v) is 0.850. The van der Waals surface area contributed by atoms with Crippen LogP contribution in [0.25, 0.3) is 0 Å². The standard InChI is InChI=1S/C3H5N3O3S.ClH/c1-6-2-4-3(5-6)10(7,8)9;/h2H,1H3,(H,7,8,9);1H. The Morgan fingerprint density at radius 1 is 1.64 bits per heavy atom. The average molecular weight is 200 g/mol. The van der Waals surface area contributed by atoms with E-state index in [0.717, 1.165) is 0 Å². The van der Waals surface area contributed by atoms with E-state index in [-0.39, 0.29) is 12.4 Å². The molecule has 1 rings (SSSR count). The van der Waals surface area contributed by atoms with Gasteiger partial charge in [0.1, 0.15) is 6.33 Å². The third kappa shape index (κ3) is 2.45. The molecular formula is C3H6ClN3O3S. The second kappa shape index (κ2) is 3.16. The van der Waals surface area contributed by atoms with Gasteiger partial charge in [-0.3, -0.25) is 9.23 Å². The Labute approximate surface area is 69.4 Å². The maximum atomic E-state index is 10.3. The van der Waals surface area contributed by atoms with Crippen molar-refractivity contribution in [2.45, 2.75) is 5.16 Å². The molecule has 0 atom stereocenters. The second-order valence-corrected chi connectivity index (χ2v) is 2.99. The van der Waals surface area contributed by atoms with Gasteiger partial charge < -0.3 is 0 Å². The summed E-state index contributed by atoms with van der Waals surface area (Å²) in [5.41, 5.74) is 0. The molecule has 64 valence electrons. The molecule has 1 N–H and O–H groups in total. The van der Waals surface area contributed by atoms with Gasteiger partial charge in [-0.1, -0.05) is 0 Å². The first-order valence-corrected chi connectivity index (χ1v) is 3.77. The zero-order valence-electron chi connectivity index (χ0n) is 5.50. The Kier molecular flexibility index (Phi) is 2.97. The van der Waals surface area contributed by atoms with E-state index in [9.17, 15) is 8.42 Å². The van der Waals surface area contributed by atoms with Crippen LogP contribution in [0.1, 0.15) is 0 Å². The highest BCUT2D eigenvalue weighted by atomic mass is 35.5. The van der Waals surface area contributed by atoms with Crippen molar-refractivity contribution in [1.29, 1.82) is 0 Å². The second-order valence-electron chi connectivity index (χ2n) is 1.68. The summed E-state index contributed by atoms with van der Waals surface area (Å²) >= 11 is 0. The van der Waals surface area contributed by atoms with Crippen LogP contribution in [0.4, 0.5) is 0 Å². The molecule has 0 aliphatic rings. The van der Waals surface area contributed by atoms with E-state index in [1.165, 1.54) is 18.1 Å². The van der Waals surface area contributed by atoms with E-state index in [0.29, 0.717) is 0 Å². The van der Waals surface area contributed by atoms with Gasteiger partial charge in [0.2, 0.25) is 0 Å². The summed E-state index contributed by atoms with van der Waals surface area (Å²) in [5.74, 6) is 0. The molecule has 0 bridgehead atoms. The quantitative estimate of drug-likeness (QED) is 0.616. The Balaban J connectivity index is 0.000001000. The summed E-state index contributed by atoms with van der Waals surface area (Å²) in [6.45, 7) is 0. The minimum absolute atomic E-state index is 0. The zero-order chi connectivity index (χ0) is 7.78. The van der Waals surface area contributed by atoms with Crippen LogP contribution in [0, 0.1) is 0 Å². The minimum Gasteiger partial charge on any atom is -0.279 e. The molecular weight excluding hydrogens is 194 g/mol. The number of aromatic nitrogens is 3. The number of nitrogens with zero attached hydrogens (tertiary/aromatic N) is 3. The fraction of sp³-hybridized carbons (Fsp3) is 0.333. The third-order valence-corrected chi connectivity index (χ3v) is 1.46. The highest BCUT2D eigenvalue weighted by molar-refractivity contribution is 7.85. The van der Waals surface area contributed by atoms with Gasteiger partial charge in [-0.15, -0.1) is 17.5 Å². The molecule has 0 saturated carbocycles. The van der Waals surface area contributed by atoms with Gasteiger partial charge in [0, 0.05) is 7.05 Å². The highest BCUT2D eigenvalue weighted by Crippen LogP contribution is 1.96. The smallest absolute Gasteiger partial charge is 0.279 e. The molecule has 0 radical (unpaired) electrons. The van der Waals surface area contributed by atoms with E-state index in [2.05, 4.69) is 10.1 Å². The van der Waals surface area contributed by atoms with Crippen molar-refractivity contribution in [3.63, 3.8) is 0 Å². The first-order valence-electron chi connectivity index (χ1n) is 2.33. The van der Waals surface area contributed by atoms with Gasteiger partial charge in [0.25, 0.3) is 5.16 Å². The first-order chi connectivity index (χ1) is 4.50. The number of aryl methyl sites for hydroxylation is 1. The molecule has 0 amide bonds. The molecule has 0 fully saturated rings. The molecule has 8 heteroatoms. The van der Waals surface area contributed by atoms with Crippen LogP contribution in [0.5, 0.6) is 0 Å². The van der Waals surface area contributed by atoms with E-state index in [4.69, 9.17) is 4.55 Å². The monoisotopic (exact) mass is 199 g/mol. The molecule has 0 aliphatic carbocycles. The number of hydrogen-bond donors (Lipinski definition) is 1. The third-order valence-electron chi connectivity index (χ3n) is 0.809. The van der Waals surface area contributed by atoms with Crippen LogP contribution < -0.4 is 0 Å². The van der Waals surface area contributed by atoms with Gasteiger partial charge in [-0.25, -0.2) is 4.98 Å². The summed E-state index contributed by atoms with van der Waals surface area (Å²) < 4.78 is 30.0. The van der Waals surface area contributed by atoms with E-state index in [1.54, 1.807) is 0 Å². The van der Waals surface area contributed by atoms with Crippen molar-refractivity contribution in [3.05, 3.63) is 6.33 Å². The summed E-state index contributed by atoms with van der Waals surface area (Å²) in [6, 6.07) is 0. The average Bonchev–Trinajstić information content (AvgIpc) is 2.11. The summed E-state index contributed by atoms with van der Waals surface area (Å²) in [4.78, 5) is 3.30.